The smallest absolute Gasteiger partial charge is 0.322 e. The highest BCUT2D eigenvalue weighted by Crippen LogP contribution is 2.04. The largest absolute Gasteiger partial charge is 0.480 e. The second kappa shape index (κ2) is 7.04. The molecule has 0 spiro atoms. The van der Waals surface area contributed by atoms with E-state index in [1.807, 2.05) is 18.7 Å². The molecule has 1 unspecified atom stereocenters. The van der Waals surface area contributed by atoms with Crippen LogP contribution in [0.25, 0.3) is 0 Å². The molecule has 14 heavy (non-hydrogen) atoms. The number of hydrogen-bond donors (Lipinski definition) is 1. The number of alkyl halides is 1. The molecule has 0 rings (SSSR count). The van der Waals surface area contributed by atoms with E-state index in [9.17, 15) is 4.79 Å². The lowest BCUT2D eigenvalue weighted by molar-refractivity contribution is -0.137. The second-order valence-electron chi connectivity index (χ2n) is 3.39. The van der Waals surface area contributed by atoms with Gasteiger partial charge in [0.05, 0.1) is 6.61 Å². The summed E-state index contributed by atoms with van der Waals surface area (Å²) >= 11 is 5.65. The van der Waals surface area contributed by atoms with Crippen LogP contribution in [0.4, 0.5) is 0 Å². The lowest BCUT2D eigenvalue weighted by atomic mass is 10.3. The number of methoxy groups -OCH3 is 1. The van der Waals surface area contributed by atoms with Gasteiger partial charge < -0.3 is 9.84 Å². The van der Waals surface area contributed by atoms with E-state index in [1.54, 1.807) is 7.11 Å². The molecule has 84 valence electrons. The summed E-state index contributed by atoms with van der Waals surface area (Å²) in [6.07, 6.45) is 0. The summed E-state index contributed by atoms with van der Waals surface area (Å²) in [7, 11) is 1.62. The molecule has 1 atom stereocenters. The van der Waals surface area contributed by atoms with Crippen LogP contribution < -0.4 is 0 Å². The van der Waals surface area contributed by atoms with Crippen molar-refractivity contribution in [2.45, 2.75) is 25.3 Å². The van der Waals surface area contributed by atoms with Crippen LogP contribution in [0.5, 0.6) is 0 Å². The molecule has 0 aliphatic rings. The minimum Gasteiger partial charge on any atom is -0.480 e. The van der Waals surface area contributed by atoms with Gasteiger partial charge in [0.25, 0.3) is 0 Å². The quantitative estimate of drug-likeness (QED) is 0.656. The average molecular weight is 224 g/mol. The van der Waals surface area contributed by atoms with Gasteiger partial charge in [0, 0.05) is 26.2 Å². The van der Waals surface area contributed by atoms with Crippen molar-refractivity contribution in [1.29, 1.82) is 0 Å². The van der Waals surface area contributed by atoms with E-state index < -0.39 is 11.3 Å². The zero-order chi connectivity index (χ0) is 11.1. The monoisotopic (exact) mass is 223 g/mol. The van der Waals surface area contributed by atoms with Crippen molar-refractivity contribution in [1.82, 2.24) is 4.90 Å². The van der Waals surface area contributed by atoms with E-state index in [0.717, 1.165) is 0 Å². The number of aliphatic carboxylic acids is 1. The SMILES string of the molecule is COCCN(CC(Cl)C(=O)O)C(C)C. The Morgan fingerprint density at radius 3 is 2.50 bits per heavy atom. The van der Waals surface area contributed by atoms with E-state index in [2.05, 4.69) is 0 Å². The van der Waals surface area contributed by atoms with E-state index in [4.69, 9.17) is 21.4 Å². The van der Waals surface area contributed by atoms with Crippen molar-refractivity contribution < 1.29 is 14.6 Å². The van der Waals surface area contributed by atoms with Crippen LogP contribution in [0.3, 0.4) is 0 Å². The molecule has 0 radical (unpaired) electrons. The molecule has 0 aromatic rings. The zero-order valence-electron chi connectivity index (χ0n) is 8.86. The Morgan fingerprint density at radius 1 is 1.57 bits per heavy atom. The summed E-state index contributed by atoms with van der Waals surface area (Å²) in [5.41, 5.74) is 0. The lowest BCUT2D eigenvalue weighted by Gasteiger charge is -2.26. The van der Waals surface area contributed by atoms with Crippen LogP contribution in [0.2, 0.25) is 0 Å². The summed E-state index contributed by atoms with van der Waals surface area (Å²) in [6, 6.07) is 0.269. The highest BCUT2D eigenvalue weighted by Gasteiger charge is 2.19. The van der Waals surface area contributed by atoms with Gasteiger partial charge in [0.1, 0.15) is 5.38 Å². The van der Waals surface area contributed by atoms with E-state index >= 15 is 0 Å². The number of rotatable bonds is 7. The van der Waals surface area contributed by atoms with Crippen molar-refractivity contribution in [2.75, 3.05) is 26.8 Å². The molecular weight excluding hydrogens is 206 g/mol. The second-order valence-corrected chi connectivity index (χ2v) is 3.91. The predicted octanol–water partition coefficient (Wildman–Crippen LogP) is 1.04. The van der Waals surface area contributed by atoms with Gasteiger partial charge in [0.2, 0.25) is 0 Å². The van der Waals surface area contributed by atoms with Crippen molar-refractivity contribution in [3.63, 3.8) is 0 Å². The Morgan fingerprint density at radius 2 is 2.14 bits per heavy atom. The first kappa shape index (κ1) is 13.7. The van der Waals surface area contributed by atoms with Gasteiger partial charge in [-0.05, 0) is 13.8 Å². The Bertz CT molecular complexity index is 175. The van der Waals surface area contributed by atoms with Crippen LogP contribution in [0, 0.1) is 0 Å². The Labute approximate surface area is 89.8 Å². The Kier molecular flexibility index (Phi) is 6.87. The first-order chi connectivity index (χ1) is 6.49. The maximum Gasteiger partial charge on any atom is 0.322 e. The first-order valence-electron chi connectivity index (χ1n) is 4.59. The zero-order valence-corrected chi connectivity index (χ0v) is 9.62. The predicted molar refractivity (Wildman–Crippen MR) is 55.9 cm³/mol. The Hall–Kier alpha value is -0.320. The van der Waals surface area contributed by atoms with Crippen LogP contribution >= 0.6 is 11.6 Å². The fraction of sp³-hybridized carbons (Fsp3) is 0.889. The molecule has 0 bridgehead atoms. The third-order valence-corrected chi connectivity index (χ3v) is 2.30. The average Bonchev–Trinajstić information content (AvgIpc) is 2.10. The standard InChI is InChI=1S/C9H18ClNO3/c1-7(2)11(4-5-14-3)6-8(10)9(12)13/h7-8H,4-6H2,1-3H3,(H,12,13). The molecule has 0 aromatic heterocycles. The molecule has 0 amide bonds. The molecule has 0 saturated carbocycles. The summed E-state index contributed by atoms with van der Waals surface area (Å²) in [4.78, 5) is 12.5. The molecule has 5 heteroatoms. The number of carboxylic acids is 1. The van der Waals surface area contributed by atoms with Crippen LogP contribution in [0.1, 0.15) is 13.8 Å². The molecule has 0 fully saturated rings. The van der Waals surface area contributed by atoms with Crippen molar-refractivity contribution in [3.05, 3.63) is 0 Å². The molecule has 4 nitrogen and oxygen atoms in total. The fourth-order valence-electron chi connectivity index (χ4n) is 1.05. The summed E-state index contributed by atoms with van der Waals surface area (Å²) in [5.74, 6) is -0.977. The van der Waals surface area contributed by atoms with Gasteiger partial charge in [-0.15, -0.1) is 11.6 Å². The number of halogens is 1. The van der Waals surface area contributed by atoms with Crippen molar-refractivity contribution >= 4 is 17.6 Å². The van der Waals surface area contributed by atoms with E-state index in [0.29, 0.717) is 19.7 Å². The maximum atomic E-state index is 10.5. The number of nitrogens with zero attached hydrogens (tertiary/aromatic N) is 1. The normalized spacial score (nSPS) is 13.6. The van der Waals surface area contributed by atoms with E-state index in [1.165, 1.54) is 0 Å². The third-order valence-electron chi connectivity index (χ3n) is 1.98. The lowest BCUT2D eigenvalue weighted by Crippen LogP contribution is -2.40. The molecule has 0 heterocycles. The minimum atomic E-state index is -0.977. The van der Waals surface area contributed by atoms with Gasteiger partial charge in [0.15, 0.2) is 0 Å². The van der Waals surface area contributed by atoms with Crippen LogP contribution in [-0.4, -0.2) is 54.2 Å². The van der Waals surface area contributed by atoms with E-state index in [-0.39, 0.29) is 6.04 Å². The summed E-state index contributed by atoms with van der Waals surface area (Å²) < 4.78 is 4.93. The van der Waals surface area contributed by atoms with Crippen LogP contribution in [0.15, 0.2) is 0 Å². The minimum absolute atomic E-state index is 0.269. The Balaban J connectivity index is 4.02. The fourth-order valence-corrected chi connectivity index (χ4v) is 1.23. The highest BCUT2D eigenvalue weighted by molar-refractivity contribution is 6.29. The molecule has 0 aliphatic carbocycles. The first-order valence-corrected chi connectivity index (χ1v) is 5.02. The third kappa shape index (κ3) is 5.42. The number of hydrogen-bond acceptors (Lipinski definition) is 3. The molecule has 0 saturated heterocycles. The van der Waals surface area contributed by atoms with Gasteiger partial charge in [-0.25, -0.2) is 0 Å². The van der Waals surface area contributed by atoms with Crippen molar-refractivity contribution in [2.24, 2.45) is 0 Å². The van der Waals surface area contributed by atoms with Gasteiger partial charge >= 0.3 is 5.97 Å². The molecule has 0 aromatic carbocycles. The number of carbonyl (C=O) groups is 1. The molecule has 1 N–H and O–H groups in total. The number of ether oxygens (including phenoxy) is 1. The van der Waals surface area contributed by atoms with Crippen molar-refractivity contribution in [3.8, 4) is 0 Å². The summed E-state index contributed by atoms with van der Waals surface area (Å²) in [6.45, 7) is 5.63. The topological polar surface area (TPSA) is 49.8 Å². The van der Waals surface area contributed by atoms with Gasteiger partial charge in [-0.3, -0.25) is 9.69 Å². The maximum absolute atomic E-state index is 10.5. The molecular formula is C9H18ClNO3. The van der Waals surface area contributed by atoms with Gasteiger partial charge in [-0.2, -0.15) is 0 Å². The molecule has 0 aliphatic heterocycles. The number of carboxylic acid groups (broad SMARTS) is 1. The van der Waals surface area contributed by atoms with Gasteiger partial charge in [-0.1, -0.05) is 0 Å². The summed E-state index contributed by atoms with van der Waals surface area (Å²) in [5, 5.41) is 7.80. The highest BCUT2D eigenvalue weighted by atomic mass is 35.5. The van der Waals surface area contributed by atoms with Crippen LogP contribution in [-0.2, 0) is 9.53 Å².